The third-order valence-electron chi connectivity index (χ3n) is 1.98. The molecular weight excluding hydrogens is 258 g/mol. The molecule has 0 fully saturated rings. The molecule has 0 aliphatic rings. The molecule has 0 spiro atoms. The first kappa shape index (κ1) is 15.5. The van der Waals surface area contributed by atoms with Gasteiger partial charge in [0.05, 0.1) is 12.1 Å². The van der Waals surface area contributed by atoms with Crippen molar-refractivity contribution in [1.29, 1.82) is 0 Å². The van der Waals surface area contributed by atoms with Crippen LogP contribution in [0.4, 0.5) is 4.79 Å². The minimum Gasteiger partial charge on any atom is -0.444 e. The second-order valence-electron chi connectivity index (χ2n) is 4.98. The third kappa shape index (κ3) is 5.87. The molecule has 0 atom stereocenters. The molecule has 0 unspecified atom stereocenters. The zero-order valence-electron chi connectivity index (χ0n) is 11.7. The molecule has 0 aromatic carbocycles. The quantitative estimate of drug-likeness (QED) is 0.789. The molecule has 1 aromatic heterocycles. The Morgan fingerprint density at radius 3 is 2.70 bits per heavy atom. The molecule has 3 N–H and O–H groups in total. The summed E-state index contributed by atoms with van der Waals surface area (Å²) in [6.45, 7) is 5.47. The monoisotopic (exact) mass is 275 g/mol. The standard InChI is InChI=1S/C14H17N3O3/c1-14(2,3)20-13(19)17-6-4-5-10-7-11(12(15)18)9-16-8-10/h7-9H,6H2,1-3H3,(H2,15,18)(H,17,19). The first-order valence-corrected chi connectivity index (χ1v) is 5.98. The third-order valence-corrected chi connectivity index (χ3v) is 1.98. The maximum absolute atomic E-state index is 11.3. The van der Waals surface area contributed by atoms with Gasteiger partial charge in [0, 0.05) is 18.0 Å². The number of nitrogens with one attached hydrogen (secondary N) is 1. The average molecular weight is 275 g/mol. The van der Waals surface area contributed by atoms with Crippen LogP contribution in [0.25, 0.3) is 0 Å². The summed E-state index contributed by atoms with van der Waals surface area (Å²) < 4.78 is 5.05. The number of ether oxygens (including phenoxy) is 1. The van der Waals surface area contributed by atoms with Crippen molar-refractivity contribution >= 4 is 12.0 Å². The number of carbonyl (C=O) groups excluding carboxylic acids is 2. The van der Waals surface area contributed by atoms with Crippen LogP contribution >= 0.6 is 0 Å². The van der Waals surface area contributed by atoms with Crippen LogP contribution in [0.1, 0.15) is 36.7 Å². The highest BCUT2D eigenvalue weighted by molar-refractivity contribution is 5.92. The van der Waals surface area contributed by atoms with E-state index in [9.17, 15) is 9.59 Å². The van der Waals surface area contributed by atoms with Crippen molar-refractivity contribution in [3.63, 3.8) is 0 Å². The van der Waals surface area contributed by atoms with Gasteiger partial charge in [0.25, 0.3) is 0 Å². The maximum Gasteiger partial charge on any atom is 0.408 e. The second-order valence-corrected chi connectivity index (χ2v) is 4.98. The molecule has 1 heterocycles. The minimum atomic E-state index is -0.562. The molecule has 20 heavy (non-hydrogen) atoms. The molecule has 0 aliphatic carbocycles. The summed E-state index contributed by atoms with van der Waals surface area (Å²) in [4.78, 5) is 26.2. The Bertz CT molecular complexity index is 565. The van der Waals surface area contributed by atoms with E-state index in [1.54, 1.807) is 20.8 Å². The van der Waals surface area contributed by atoms with Gasteiger partial charge in [-0.05, 0) is 26.8 Å². The first-order valence-electron chi connectivity index (χ1n) is 5.98. The largest absolute Gasteiger partial charge is 0.444 e. The van der Waals surface area contributed by atoms with E-state index in [0.29, 0.717) is 5.56 Å². The van der Waals surface area contributed by atoms with Crippen LogP contribution in [0.15, 0.2) is 18.5 Å². The van der Waals surface area contributed by atoms with Gasteiger partial charge >= 0.3 is 6.09 Å². The summed E-state index contributed by atoms with van der Waals surface area (Å²) in [5.41, 5.74) is 5.43. The highest BCUT2D eigenvalue weighted by Gasteiger charge is 2.14. The molecule has 0 saturated carbocycles. The van der Waals surface area contributed by atoms with Crippen molar-refractivity contribution in [2.24, 2.45) is 5.73 Å². The lowest BCUT2D eigenvalue weighted by Crippen LogP contribution is -2.32. The van der Waals surface area contributed by atoms with Crippen LogP contribution in [-0.4, -0.2) is 29.1 Å². The number of rotatable bonds is 2. The molecule has 0 radical (unpaired) electrons. The molecule has 6 heteroatoms. The molecule has 1 aromatic rings. The van der Waals surface area contributed by atoms with Gasteiger partial charge < -0.3 is 15.8 Å². The minimum absolute atomic E-state index is 0.135. The fourth-order valence-corrected chi connectivity index (χ4v) is 1.22. The van der Waals surface area contributed by atoms with Crippen LogP contribution in [0.5, 0.6) is 0 Å². The van der Waals surface area contributed by atoms with Crippen molar-refractivity contribution in [1.82, 2.24) is 10.3 Å². The summed E-state index contributed by atoms with van der Waals surface area (Å²) in [6.07, 6.45) is 2.34. The first-order chi connectivity index (χ1) is 9.28. The van der Waals surface area contributed by atoms with Gasteiger partial charge in [0.15, 0.2) is 0 Å². The van der Waals surface area contributed by atoms with Crippen molar-refractivity contribution in [2.45, 2.75) is 26.4 Å². The Balaban J connectivity index is 2.53. The van der Waals surface area contributed by atoms with Crippen molar-refractivity contribution in [3.8, 4) is 11.8 Å². The van der Waals surface area contributed by atoms with Gasteiger partial charge in [0.1, 0.15) is 5.60 Å². The zero-order valence-corrected chi connectivity index (χ0v) is 11.7. The SMILES string of the molecule is CC(C)(C)OC(=O)NCC#Cc1cncc(C(N)=O)c1. The van der Waals surface area contributed by atoms with E-state index >= 15 is 0 Å². The lowest BCUT2D eigenvalue weighted by atomic mass is 10.2. The lowest BCUT2D eigenvalue weighted by molar-refractivity contribution is 0.0535. The van der Waals surface area contributed by atoms with E-state index in [-0.39, 0.29) is 12.1 Å². The van der Waals surface area contributed by atoms with Crippen molar-refractivity contribution in [3.05, 3.63) is 29.6 Å². The highest BCUT2D eigenvalue weighted by atomic mass is 16.6. The molecular formula is C14H17N3O3. The topological polar surface area (TPSA) is 94.3 Å². The maximum atomic E-state index is 11.3. The Labute approximate surface area is 117 Å². The van der Waals surface area contributed by atoms with E-state index in [4.69, 9.17) is 10.5 Å². The summed E-state index contributed by atoms with van der Waals surface area (Å²) >= 11 is 0. The highest BCUT2D eigenvalue weighted by Crippen LogP contribution is 2.06. The van der Waals surface area contributed by atoms with Crippen LogP contribution in [0.2, 0.25) is 0 Å². The fourth-order valence-electron chi connectivity index (χ4n) is 1.22. The summed E-state index contributed by atoms with van der Waals surface area (Å²) in [5.74, 6) is 4.94. The number of carbonyl (C=O) groups is 2. The van der Waals surface area contributed by atoms with Gasteiger partial charge in [-0.2, -0.15) is 0 Å². The number of hydrogen-bond donors (Lipinski definition) is 2. The Hall–Kier alpha value is -2.55. The number of aromatic nitrogens is 1. The van der Waals surface area contributed by atoms with E-state index in [0.717, 1.165) is 0 Å². The molecule has 0 saturated heterocycles. The lowest BCUT2D eigenvalue weighted by Gasteiger charge is -2.18. The number of nitrogens with zero attached hydrogens (tertiary/aromatic N) is 1. The summed E-state index contributed by atoms with van der Waals surface area (Å²) in [5, 5.41) is 2.50. The van der Waals surface area contributed by atoms with E-state index in [2.05, 4.69) is 22.1 Å². The molecule has 0 bridgehead atoms. The molecule has 1 rings (SSSR count). The molecule has 6 nitrogen and oxygen atoms in total. The predicted molar refractivity (Wildman–Crippen MR) is 73.9 cm³/mol. The number of pyridine rings is 1. The number of primary amides is 1. The van der Waals surface area contributed by atoms with Gasteiger partial charge in [-0.15, -0.1) is 0 Å². The molecule has 2 amide bonds. The van der Waals surface area contributed by atoms with E-state index in [1.807, 2.05) is 0 Å². The van der Waals surface area contributed by atoms with Crippen LogP contribution in [-0.2, 0) is 4.74 Å². The number of hydrogen-bond acceptors (Lipinski definition) is 4. The van der Waals surface area contributed by atoms with Gasteiger partial charge in [0.2, 0.25) is 5.91 Å². The molecule has 0 aliphatic heterocycles. The summed E-state index contributed by atoms with van der Waals surface area (Å²) in [7, 11) is 0. The number of amides is 2. The van der Waals surface area contributed by atoms with Crippen molar-refractivity contribution in [2.75, 3.05) is 6.54 Å². The smallest absolute Gasteiger partial charge is 0.408 e. The average Bonchev–Trinajstić information content (AvgIpc) is 2.33. The Morgan fingerprint density at radius 1 is 1.40 bits per heavy atom. The fraction of sp³-hybridized carbons (Fsp3) is 0.357. The Kier molecular flexibility index (Phi) is 5.09. The zero-order chi connectivity index (χ0) is 15.2. The second kappa shape index (κ2) is 6.57. The molecule has 106 valence electrons. The number of alkyl carbamates (subject to hydrolysis) is 1. The van der Waals surface area contributed by atoms with Gasteiger partial charge in [-0.25, -0.2) is 4.79 Å². The summed E-state index contributed by atoms with van der Waals surface area (Å²) in [6, 6.07) is 1.54. The Morgan fingerprint density at radius 2 is 2.10 bits per heavy atom. The van der Waals surface area contributed by atoms with E-state index < -0.39 is 17.6 Å². The van der Waals surface area contributed by atoms with Crippen molar-refractivity contribution < 1.29 is 14.3 Å². The number of nitrogens with two attached hydrogens (primary N) is 1. The normalized spacial score (nSPS) is 10.2. The van der Waals surface area contributed by atoms with Crippen LogP contribution in [0.3, 0.4) is 0 Å². The predicted octanol–water partition coefficient (Wildman–Crippen LogP) is 1.06. The van der Waals surface area contributed by atoms with Gasteiger partial charge in [-0.3, -0.25) is 9.78 Å². The van der Waals surface area contributed by atoms with Crippen LogP contribution < -0.4 is 11.1 Å². The van der Waals surface area contributed by atoms with Gasteiger partial charge in [-0.1, -0.05) is 11.8 Å². The van der Waals surface area contributed by atoms with Crippen LogP contribution in [0, 0.1) is 11.8 Å². The van der Waals surface area contributed by atoms with E-state index in [1.165, 1.54) is 18.5 Å².